The van der Waals surface area contributed by atoms with Crippen molar-refractivity contribution in [3.63, 3.8) is 0 Å². The lowest BCUT2D eigenvalue weighted by molar-refractivity contribution is -0.137. The van der Waals surface area contributed by atoms with Gasteiger partial charge in [-0.05, 0) is 49.2 Å². The number of benzene rings is 2. The number of hydrogen-bond acceptors (Lipinski definition) is 4. The molecule has 0 radical (unpaired) electrons. The Morgan fingerprint density at radius 3 is 2.32 bits per heavy atom. The zero-order chi connectivity index (χ0) is 22.4. The highest BCUT2D eigenvalue weighted by Crippen LogP contribution is 2.34. The van der Waals surface area contributed by atoms with Gasteiger partial charge in [-0.1, -0.05) is 12.1 Å². The lowest BCUT2D eigenvalue weighted by Crippen LogP contribution is -2.46. The summed E-state index contributed by atoms with van der Waals surface area (Å²) in [5, 5.41) is 5.34. The Morgan fingerprint density at radius 2 is 1.71 bits per heavy atom. The number of halogens is 3. The van der Waals surface area contributed by atoms with Crippen molar-refractivity contribution in [1.82, 2.24) is 10.2 Å². The van der Waals surface area contributed by atoms with Crippen molar-refractivity contribution in [3.8, 4) is 5.75 Å². The highest BCUT2D eigenvalue weighted by atomic mass is 19.4. The SMILES string of the molecule is COc1ccc(C(=O)NC2CCN(CC(=O)Nc3ccccc3C(F)(F)F)CC2)cc1. The number of para-hydroxylation sites is 1. The number of piperidine rings is 1. The second-order valence-corrected chi connectivity index (χ2v) is 7.34. The number of anilines is 1. The van der Waals surface area contributed by atoms with Crippen LogP contribution in [-0.2, 0) is 11.0 Å². The summed E-state index contributed by atoms with van der Waals surface area (Å²) in [5.41, 5.74) is -0.587. The average Bonchev–Trinajstić information content (AvgIpc) is 2.74. The van der Waals surface area contributed by atoms with Gasteiger partial charge in [0, 0.05) is 24.7 Å². The van der Waals surface area contributed by atoms with E-state index < -0.39 is 17.6 Å². The molecule has 0 unspecified atom stereocenters. The molecule has 1 aliphatic heterocycles. The third-order valence-corrected chi connectivity index (χ3v) is 5.15. The monoisotopic (exact) mass is 435 g/mol. The normalized spacial score (nSPS) is 15.4. The molecule has 0 aliphatic carbocycles. The van der Waals surface area contributed by atoms with Gasteiger partial charge in [0.2, 0.25) is 5.91 Å². The largest absolute Gasteiger partial charge is 0.497 e. The maximum Gasteiger partial charge on any atom is 0.418 e. The van der Waals surface area contributed by atoms with E-state index in [1.807, 2.05) is 4.90 Å². The maximum atomic E-state index is 13.1. The van der Waals surface area contributed by atoms with Crippen LogP contribution >= 0.6 is 0 Å². The molecule has 0 aromatic heterocycles. The van der Waals surface area contributed by atoms with E-state index in [1.165, 1.54) is 18.2 Å². The summed E-state index contributed by atoms with van der Waals surface area (Å²) in [4.78, 5) is 26.5. The van der Waals surface area contributed by atoms with Gasteiger partial charge in [-0.15, -0.1) is 0 Å². The molecule has 1 heterocycles. The van der Waals surface area contributed by atoms with E-state index >= 15 is 0 Å². The zero-order valence-electron chi connectivity index (χ0n) is 17.0. The molecule has 3 rings (SSSR count). The van der Waals surface area contributed by atoms with Crippen molar-refractivity contribution in [2.24, 2.45) is 0 Å². The van der Waals surface area contributed by atoms with Crippen LogP contribution in [0.1, 0.15) is 28.8 Å². The van der Waals surface area contributed by atoms with E-state index in [1.54, 1.807) is 31.4 Å². The summed E-state index contributed by atoms with van der Waals surface area (Å²) in [6.45, 7) is 1.11. The third-order valence-electron chi connectivity index (χ3n) is 5.15. The van der Waals surface area contributed by atoms with Gasteiger partial charge in [-0.2, -0.15) is 13.2 Å². The molecule has 6 nitrogen and oxygen atoms in total. The molecule has 2 amide bonds. The number of carbonyl (C=O) groups excluding carboxylic acids is 2. The number of ether oxygens (including phenoxy) is 1. The minimum Gasteiger partial charge on any atom is -0.497 e. The summed E-state index contributed by atoms with van der Waals surface area (Å²) in [7, 11) is 1.55. The summed E-state index contributed by atoms with van der Waals surface area (Å²) in [6.07, 6.45) is -3.24. The Kier molecular flexibility index (Phi) is 7.17. The first-order valence-corrected chi connectivity index (χ1v) is 9.89. The molecule has 0 atom stereocenters. The first-order valence-electron chi connectivity index (χ1n) is 9.89. The minimum absolute atomic E-state index is 0.00859. The molecule has 2 N–H and O–H groups in total. The van der Waals surface area contributed by atoms with Crippen molar-refractivity contribution in [2.45, 2.75) is 25.1 Å². The Labute approximate surface area is 178 Å². The molecular weight excluding hydrogens is 411 g/mol. The molecule has 1 saturated heterocycles. The summed E-state index contributed by atoms with van der Waals surface area (Å²) >= 11 is 0. The van der Waals surface area contributed by atoms with Crippen LogP contribution in [0, 0.1) is 0 Å². The van der Waals surface area contributed by atoms with Crippen LogP contribution in [0.5, 0.6) is 5.75 Å². The molecule has 0 saturated carbocycles. The van der Waals surface area contributed by atoms with Gasteiger partial charge in [0.1, 0.15) is 5.75 Å². The van der Waals surface area contributed by atoms with Crippen LogP contribution < -0.4 is 15.4 Å². The number of carbonyl (C=O) groups is 2. The van der Waals surface area contributed by atoms with Crippen LogP contribution in [0.2, 0.25) is 0 Å². The van der Waals surface area contributed by atoms with Gasteiger partial charge < -0.3 is 15.4 Å². The highest BCUT2D eigenvalue weighted by molar-refractivity contribution is 5.94. The highest BCUT2D eigenvalue weighted by Gasteiger charge is 2.33. The third kappa shape index (κ3) is 6.21. The lowest BCUT2D eigenvalue weighted by Gasteiger charge is -2.32. The summed E-state index contributed by atoms with van der Waals surface area (Å²) in [6, 6.07) is 11.7. The number of methoxy groups -OCH3 is 1. The quantitative estimate of drug-likeness (QED) is 0.728. The second-order valence-electron chi connectivity index (χ2n) is 7.34. The smallest absolute Gasteiger partial charge is 0.418 e. The number of rotatable bonds is 6. The first-order chi connectivity index (χ1) is 14.8. The molecule has 31 heavy (non-hydrogen) atoms. The number of alkyl halides is 3. The average molecular weight is 435 g/mol. The van der Waals surface area contributed by atoms with E-state index in [-0.39, 0.29) is 24.2 Å². The first kappa shape index (κ1) is 22.6. The Balaban J connectivity index is 1.47. The van der Waals surface area contributed by atoms with Gasteiger partial charge in [-0.25, -0.2) is 0 Å². The van der Waals surface area contributed by atoms with Gasteiger partial charge in [0.05, 0.1) is 24.9 Å². The Bertz CT molecular complexity index is 908. The summed E-state index contributed by atoms with van der Waals surface area (Å²) < 4.78 is 44.3. The fourth-order valence-electron chi connectivity index (χ4n) is 3.48. The predicted octanol–water partition coefficient (Wildman–Crippen LogP) is 3.55. The van der Waals surface area contributed by atoms with Gasteiger partial charge in [0.25, 0.3) is 5.91 Å². The second kappa shape index (κ2) is 9.82. The van der Waals surface area contributed by atoms with Gasteiger partial charge in [0.15, 0.2) is 0 Å². The van der Waals surface area contributed by atoms with E-state index in [9.17, 15) is 22.8 Å². The van der Waals surface area contributed by atoms with Crippen molar-refractivity contribution in [2.75, 3.05) is 32.1 Å². The molecule has 0 bridgehead atoms. The van der Waals surface area contributed by atoms with Crippen molar-refractivity contribution in [3.05, 3.63) is 59.7 Å². The van der Waals surface area contributed by atoms with Crippen molar-refractivity contribution >= 4 is 17.5 Å². The van der Waals surface area contributed by atoms with E-state index in [2.05, 4.69) is 10.6 Å². The molecule has 166 valence electrons. The van der Waals surface area contributed by atoms with E-state index in [0.29, 0.717) is 37.2 Å². The van der Waals surface area contributed by atoms with E-state index in [0.717, 1.165) is 6.07 Å². The predicted molar refractivity (Wildman–Crippen MR) is 110 cm³/mol. The number of likely N-dealkylation sites (tertiary alicyclic amines) is 1. The fraction of sp³-hybridized carbons (Fsp3) is 0.364. The lowest BCUT2D eigenvalue weighted by atomic mass is 10.0. The molecule has 1 fully saturated rings. The topological polar surface area (TPSA) is 70.7 Å². The van der Waals surface area contributed by atoms with Crippen LogP contribution in [0.15, 0.2) is 48.5 Å². The van der Waals surface area contributed by atoms with E-state index in [4.69, 9.17) is 4.74 Å². The molecule has 0 spiro atoms. The minimum atomic E-state index is -4.54. The number of nitrogens with one attached hydrogen (secondary N) is 2. The fourth-order valence-corrected chi connectivity index (χ4v) is 3.48. The van der Waals surface area contributed by atoms with Crippen LogP contribution in [0.4, 0.5) is 18.9 Å². The van der Waals surface area contributed by atoms with Crippen molar-refractivity contribution < 1.29 is 27.5 Å². The standard InChI is InChI=1S/C22H24F3N3O3/c1-31-17-8-6-15(7-9-17)21(30)26-16-10-12-28(13-11-16)14-20(29)27-19-5-3-2-4-18(19)22(23,24)25/h2-9,16H,10-14H2,1H3,(H,26,30)(H,27,29). The van der Waals surface area contributed by atoms with Gasteiger partial charge in [-0.3, -0.25) is 14.5 Å². The molecule has 2 aromatic carbocycles. The maximum absolute atomic E-state index is 13.1. The summed E-state index contributed by atoms with van der Waals surface area (Å²) in [5.74, 6) is -0.0129. The molecule has 1 aliphatic rings. The van der Waals surface area contributed by atoms with Crippen molar-refractivity contribution in [1.29, 1.82) is 0 Å². The Hall–Kier alpha value is -3.07. The Morgan fingerprint density at radius 1 is 1.06 bits per heavy atom. The van der Waals surface area contributed by atoms with Crippen LogP contribution in [-0.4, -0.2) is 49.5 Å². The number of hydrogen-bond donors (Lipinski definition) is 2. The van der Waals surface area contributed by atoms with Crippen LogP contribution in [0.25, 0.3) is 0 Å². The molecule has 2 aromatic rings. The van der Waals surface area contributed by atoms with Gasteiger partial charge >= 0.3 is 6.18 Å². The van der Waals surface area contributed by atoms with Crippen LogP contribution in [0.3, 0.4) is 0 Å². The molecule has 9 heteroatoms. The number of amides is 2. The number of nitrogens with zero attached hydrogens (tertiary/aromatic N) is 1. The molecular formula is C22H24F3N3O3. The zero-order valence-corrected chi connectivity index (χ0v) is 17.0.